The molecule has 0 aliphatic rings. The number of hydrogen-bond acceptors (Lipinski definition) is 1. The molecule has 65 valence electrons. The zero-order chi connectivity index (χ0) is 9.10. The van der Waals surface area contributed by atoms with E-state index in [9.17, 15) is 0 Å². The molecule has 0 aliphatic heterocycles. The summed E-state index contributed by atoms with van der Waals surface area (Å²) in [7, 11) is 0. The fourth-order valence-corrected chi connectivity index (χ4v) is 2.03. The van der Waals surface area contributed by atoms with Crippen molar-refractivity contribution in [2.45, 2.75) is 13.3 Å². The van der Waals surface area contributed by atoms with E-state index in [-0.39, 0.29) is 0 Å². The molecule has 0 spiro atoms. The first-order valence-corrected chi connectivity index (χ1v) is 5.27. The van der Waals surface area contributed by atoms with E-state index in [1.54, 1.807) is 11.3 Å². The summed E-state index contributed by atoms with van der Waals surface area (Å²) in [4.78, 5) is 0. The standard InChI is InChI=1S/C12H11S/c1-10-3-2-4-11(7-10)8-12-5-6-13-9-12/h2-3,5-7,9H,8H2,1H3. The lowest BCUT2D eigenvalue weighted by atomic mass is 10.1. The predicted molar refractivity (Wildman–Crippen MR) is 57.1 cm³/mol. The molecule has 0 fully saturated rings. The lowest BCUT2D eigenvalue weighted by Gasteiger charge is -1.99. The van der Waals surface area contributed by atoms with E-state index in [4.69, 9.17) is 0 Å². The molecule has 0 nitrogen and oxygen atoms in total. The van der Waals surface area contributed by atoms with Gasteiger partial charge in [-0.2, -0.15) is 11.3 Å². The second-order valence-corrected chi connectivity index (χ2v) is 3.98. The normalized spacial score (nSPS) is 10.2. The highest BCUT2D eigenvalue weighted by molar-refractivity contribution is 7.07. The van der Waals surface area contributed by atoms with Gasteiger partial charge in [-0.05, 0) is 47.4 Å². The van der Waals surface area contributed by atoms with Crippen molar-refractivity contribution in [1.82, 2.24) is 0 Å². The van der Waals surface area contributed by atoms with Crippen molar-refractivity contribution in [3.05, 3.63) is 57.8 Å². The summed E-state index contributed by atoms with van der Waals surface area (Å²) < 4.78 is 0. The average molecular weight is 187 g/mol. The van der Waals surface area contributed by atoms with E-state index < -0.39 is 0 Å². The molecule has 0 N–H and O–H groups in total. The number of aryl methyl sites for hydroxylation is 1. The first-order valence-electron chi connectivity index (χ1n) is 4.33. The second kappa shape index (κ2) is 3.75. The van der Waals surface area contributed by atoms with Gasteiger partial charge in [-0.15, -0.1) is 0 Å². The number of benzene rings is 1. The van der Waals surface area contributed by atoms with Crippen LogP contribution >= 0.6 is 11.3 Å². The van der Waals surface area contributed by atoms with Crippen LogP contribution in [0.5, 0.6) is 0 Å². The summed E-state index contributed by atoms with van der Waals surface area (Å²) in [6.07, 6.45) is 1.01. The van der Waals surface area contributed by atoms with Crippen LogP contribution in [0, 0.1) is 13.0 Å². The fraction of sp³-hybridized carbons (Fsp3) is 0.167. The highest BCUT2D eigenvalue weighted by Gasteiger charge is 1.96. The van der Waals surface area contributed by atoms with Crippen LogP contribution in [0.25, 0.3) is 0 Å². The molecular formula is C12H11S. The Labute approximate surface area is 82.9 Å². The molecule has 0 atom stereocenters. The Bertz CT molecular complexity index is 374. The quantitative estimate of drug-likeness (QED) is 0.675. The molecule has 0 saturated carbocycles. The molecule has 1 aromatic carbocycles. The molecule has 0 unspecified atom stereocenters. The molecule has 1 radical (unpaired) electrons. The maximum atomic E-state index is 3.25. The number of hydrogen-bond donors (Lipinski definition) is 0. The molecule has 13 heavy (non-hydrogen) atoms. The maximum Gasteiger partial charge on any atom is -0.00113 e. The van der Waals surface area contributed by atoms with E-state index in [1.165, 1.54) is 16.7 Å². The Hall–Kier alpha value is -1.08. The van der Waals surface area contributed by atoms with Crippen LogP contribution in [0.15, 0.2) is 35.0 Å². The van der Waals surface area contributed by atoms with Crippen molar-refractivity contribution in [3.8, 4) is 0 Å². The van der Waals surface area contributed by atoms with Gasteiger partial charge in [-0.25, -0.2) is 0 Å². The van der Waals surface area contributed by atoms with E-state index in [0.29, 0.717) is 0 Å². The first-order chi connectivity index (χ1) is 6.34. The molecule has 0 saturated heterocycles. The van der Waals surface area contributed by atoms with Gasteiger partial charge in [0.25, 0.3) is 0 Å². The lowest BCUT2D eigenvalue weighted by molar-refractivity contribution is 1.19. The van der Waals surface area contributed by atoms with Gasteiger partial charge in [0.1, 0.15) is 0 Å². The summed E-state index contributed by atoms with van der Waals surface area (Å²) >= 11 is 1.75. The minimum absolute atomic E-state index is 1.01. The van der Waals surface area contributed by atoms with Gasteiger partial charge < -0.3 is 0 Å². The summed E-state index contributed by atoms with van der Waals surface area (Å²) in [6, 6.07) is 11.7. The smallest absolute Gasteiger partial charge is 0.00113 e. The predicted octanol–water partition coefficient (Wildman–Crippen LogP) is 3.45. The highest BCUT2D eigenvalue weighted by atomic mass is 32.1. The monoisotopic (exact) mass is 187 g/mol. The average Bonchev–Trinajstić information content (AvgIpc) is 2.57. The number of rotatable bonds is 2. The van der Waals surface area contributed by atoms with Crippen molar-refractivity contribution in [2.75, 3.05) is 0 Å². The topological polar surface area (TPSA) is 0 Å². The zero-order valence-electron chi connectivity index (χ0n) is 7.58. The minimum atomic E-state index is 1.01. The lowest BCUT2D eigenvalue weighted by Crippen LogP contribution is -1.86. The molecule has 2 rings (SSSR count). The maximum absolute atomic E-state index is 3.25. The zero-order valence-corrected chi connectivity index (χ0v) is 8.40. The van der Waals surface area contributed by atoms with Crippen molar-refractivity contribution in [3.63, 3.8) is 0 Å². The van der Waals surface area contributed by atoms with Gasteiger partial charge >= 0.3 is 0 Å². The molecule has 0 bridgehead atoms. The van der Waals surface area contributed by atoms with Crippen LogP contribution in [0.2, 0.25) is 0 Å². The van der Waals surface area contributed by atoms with Crippen LogP contribution in [0.3, 0.4) is 0 Å². The van der Waals surface area contributed by atoms with E-state index in [1.807, 2.05) is 6.07 Å². The van der Waals surface area contributed by atoms with E-state index in [0.717, 1.165) is 6.42 Å². The van der Waals surface area contributed by atoms with Crippen molar-refractivity contribution in [1.29, 1.82) is 0 Å². The Morgan fingerprint density at radius 1 is 1.38 bits per heavy atom. The highest BCUT2D eigenvalue weighted by Crippen LogP contribution is 2.13. The van der Waals surface area contributed by atoms with Crippen LogP contribution in [0.1, 0.15) is 16.7 Å². The number of thiophene rings is 1. The summed E-state index contributed by atoms with van der Waals surface area (Å²) in [5, 5.41) is 4.31. The SMILES string of the molecule is Cc1cc[c]c(Cc2ccsc2)c1. The Morgan fingerprint density at radius 3 is 3.00 bits per heavy atom. The van der Waals surface area contributed by atoms with Crippen molar-refractivity contribution >= 4 is 11.3 Å². The molecular weight excluding hydrogens is 176 g/mol. The molecule has 1 heterocycles. The second-order valence-electron chi connectivity index (χ2n) is 3.20. The van der Waals surface area contributed by atoms with Crippen LogP contribution in [-0.2, 0) is 6.42 Å². The van der Waals surface area contributed by atoms with E-state index in [2.05, 4.69) is 41.9 Å². The first kappa shape index (κ1) is 8.52. The molecule has 1 aromatic heterocycles. The fourth-order valence-electron chi connectivity index (χ4n) is 1.36. The Morgan fingerprint density at radius 2 is 2.31 bits per heavy atom. The Kier molecular flexibility index (Phi) is 2.46. The third-order valence-corrected chi connectivity index (χ3v) is 2.72. The third kappa shape index (κ3) is 2.19. The molecule has 1 heteroatoms. The van der Waals surface area contributed by atoms with E-state index >= 15 is 0 Å². The van der Waals surface area contributed by atoms with Crippen molar-refractivity contribution in [2.24, 2.45) is 0 Å². The van der Waals surface area contributed by atoms with Crippen LogP contribution in [0.4, 0.5) is 0 Å². The van der Waals surface area contributed by atoms with Crippen LogP contribution in [-0.4, -0.2) is 0 Å². The summed E-state index contributed by atoms with van der Waals surface area (Å²) in [5.74, 6) is 0. The summed E-state index contributed by atoms with van der Waals surface area (Å²) in [5.41, 5.74) is 3.97. The van der Waals surface area contributed by atoms with Gasteiger partial charge in [0, 0.05) is 0 Å². The third-order valence-electron chi connectivity index (χ3n) is 1.99. The Balaban J connectivity index is 2.19. The van der Waals surface area contributed by atoms with Gasteiger partial charge in [0.05, 0.1) is 0 Å². The molecule has 0 amide bonds. The van der Waals surface area contributed by atoms with Gasteiger partial charge in [0.15, 0.2) is 0 Å². The van der Waals surface area contributed by atoms with Gasteiger partial charge in [-0.3, -0.25) is 0 Å². The van der Waals surface area contributed by atoms with Gasteiger partial charge in [-0.1, -0.05) is 23.8 Å². The van der Waals surface area contributed by atoms with Crippen LogP contribution < -0.4 is 0 Å². The minimum Gasteiger partial charge on any atom is -0.152 e. The molecule has 2 aromatic rings. The van der Waals surface area contributed by atoms with Crippen molar-refractivity contribution < 1.29 is 0 Å². The largest absolute Gasteiger partial charge is 0.152 e. The summed E-state index contributed by atoms with van der Waals surface area (Å²) in [6.45, 7) is 2.12. The molecule has 0 aliphatic carbocycles. The van der Waals surface area contributed by atoms with Gasteiger partial charge in [0.2, 0.25) is 0 Å².